The SMILES string of the molecule is O=c1ccncn1CC1CCN(CCn2ccnc2)CC1. The Kier molecular flexibility index (Phi) is 4.45. The van der Waals surface area contributed by atoms with Gasteiger partial charge < -0.3 is 9.47 Å². The van der Waals surface area contributed by atoms with Gasteiger partial charge in [-0.3, -0.25) is 9.36 Å². The van der Waals surface area contributed by atoms with Gasteiger partial charge >= 0.3 is 0 Å². The van der Waals surface area contributed by atoms with Gasteiger partial charge in [0.25, 0.3) is 5.56 Å². The molecule has 3 heterocycles. The third kappa shape index (κ3) is 3.78. The highest BCUT2D eigenvalue weighted by molar-refractivity contribution is 4.84. The fourth-order valence-electron chi connectivity index (χ4n) is 2.86. The van der Waals surface area contributed by atoms with Crippen LogP contribution < -0.4 is 5.56 Å². The van der Waals surface area contributed by atoms with Gasteiger partial charge in [0, 0.05) is 44.3 Å². The van der Waals surface area contributed by atoms with Crippen LogP contribution in [0.2, 0.25) is 0 Å². The molecule has 0 radical (unpaired) electrons. The minimum atomic E-state index is 0.0486. The number of hydrogen-bond donors (Lipinski definition) is 0. The fourth-order valence-corrected chi connectivity index (χ4v) is 2.86. The summed E-state index contributed by atoms with van der Waals surface area (Å²) in [7, 11) is 0. The van der Waals surface area contributed by atoms with E-state index in [0.29, 0.717) is 5.92 Å². The van der Waals surface area contributed by atoms with E-state index in [2.05, 4.69) is 19.4 Å². The Morgan fingerprint density at radius 2 is 1.90 bits per heavy atom. The number of likely N-dealkylation sites (tertiary alicyclic amines) is 1. The summed E-state index contributed by atoms with van der Waals surface area (Å²) in [6, 6.07) is 1.53. The highest BCUT2D eigenvalue weighted by Gasteiger charge is 2.19. The molecule has 0 bridgehead atoms. The minimum Gasteiger partial charge on any atom is -0.336 e. The third-order valence-electron chi connectivity index (χ3n) is 4.19. The molecule has 2 aromatic rings. The van der Waals surface area contributed by atoms with Crippen LogP contribution in [0.15, 0.2) is 42.1 Å². The van der Waals surface area contributed by atoms with Crippen LogP contribution in [0, 0.1) is 5.92 Å². The number of piperidine rings is 1. The van der Waals surface area contributed by atoms with Gasteiger partial charge in [0.1, 0.15) is 0 Å². The van der Waals surface area contributed by atoms with Crippen LogP contribution in [0.4, 0.5) is 0 Å². The van der Waals surface area contributed by atoms with Crippen molar-refractivity contribution in [3.63, 3.8) is 0 Å². The second-order valence-electron chi connectivity index (χ2n) is 5.66. The first kappa shape index (κ1) is 14.0. The zero-order valence-corrected chi connectivity index (χ0v) is 12.1. The van der Waals surface area contributed by atoms with E-state index in [-0.39, 0.29) is 5.56 Å². The molecule has 3 rings (SSSR count). The van der Waals surface area contributed by atoms with Gasteiger partial charge in [-0.05, 0) is 31.8 Å². The van der Waals surface area contributed by atoms with E-state index in [0.717, 1.165) is 45.6 Å². The first-order chi connectivity index (χ1) is 10.3. The summed E-state index contributed by atoms with van der Waals surface area (Å²) >= 11 is 0. The summed E-state index contributed by atoms with van der Waals surface area (Å²) in [6.07, 6.45) is 11.2. The Labute approximate surface area is 124 Å². The van der Waals surface area contributed by atoms with E-state index in [1.165, 1.54) is 6.07 Å². The van der Waals surface area contributed by atoms with Crippen molar-refractivity contribution in [2.24, 2.45) is 5.92 Å². The molecule has 1 saturated heterocycles. The van der Waals surface area contributed by atoms with Gasteiger partial charge in [0.2, 0.25) is 0 Å². The van der Waals surface area contributed by atoms with Crippen LogP contribution in [0.25, 0.3) is 0 Å². The first-order valence-corrected chi connectivity index (χ1v) is 7.50. The second kappa shape index (κ2) is 6.67. The summed E-state index contributed by atoms with van der Waals surface area (Å²) < 4.78 is 3.84. The molecule has 6 heteroatoms. The molecule has 1 fully saturated rings. The summed E-state index contributed by atoms with van der Waals surface area (Å²) in [6.45, 7) is 5.06. The molecule has 0 aliphatic carbocycles. The highest BCUT2D eigenvalue weighted by atomic mass is 16.1. The number of rotatable bonds is 5. The molecule has 1 aliphatic rings. The smallest absolute Gasteiger partial charge is 0.253 e. The fraction of sp³-hybridized carbons (Fsp3) is 0.533. The molecule has 0 unspecified atom stereocenters. The average Bonchev–Trinajstić information content (AvgIpc) is 3.02. The Morgan fingerprint density at radius 3 is 2.62 bits per heavy atom. The van der Waals surface area contributed by atoms with Crippen molar-refractivity contribution in [3.05, 3.63) is 47.7 Å². The molecule has 1 aliphatic heterocycles. The van der Waals surface area contributed by atoms with E-state index < -0.39 is 0 Å². The zero-order chi connectivity index (χ0) is 14.5. The van der Waals surface area contributed by atoms with Gasteiger partial charge in [-0.15, -0.1) is 0 Å². The summed E-state index contributed by atoms with van der Waals surface area (Å²) in [5.74, 6) is 0.580. The lowest BCUT2D eigenvalue weighted by molar-refractivity contribution is 0.168. The maximum atomic E-state index is 11.7. The van der Waals surface area contributed by atoms with Crippen molar-refractivity contribution in [2.75, 3.05) is 19.6 Å². The number of imidazole rings is 1. The second-order valence-corrected chi connectivity index (χ2v) is 5.66. The van der Waals surface area contributed by atoms with Crippen LogP contribution in [-0.2, 0) is 13.1 Å². The van der Waals surface area contributed by atoms with Crippen molar-refractivity contribution in [1.82, 2.24) is 24.0 Å². The van der Waals surface area contributed by atoms with Crippen LogP contribution in [0.1, 0.15) is 12.8 Å². The van der Waals surface area contributed by atoms with Crippen molar-refractivity contribution in [3.8, 4) is 0 Å². The van der Waals surface area contributed by atoms with Crippen LogP contribution in [0.3, 0.4) is 0 Å². The maximum Gasteiger partial charge on any atom is 0.253 e. The summed E-state index contributed by atoms with van der Waals surface area (Å²) in [4.78, 5) is 22.3. The predicted octanol–water partition coefficient (Wildman–Crippen LogP) is 0.852. The summed E-state index contributed by atoms with van der Waals surface area (Å²) in [5.41, 5.74) is 0.0486. The van der Waals surface area contributed by atoms with Crippen LogP contribution in [-0.4, -0.2) is 43.6 Å². The molecule has 0 N–H and O–H groups in total. The Hall–Kier alpha value is -1.95. The highest BCUT2D eigenvalue weighted by Crippen LogP contribution is 2.18. The van der Waals surface area contributed by atoms with Gasteiger partial charge in [-0.2, -0.15) is 0 Å². The lowest BCUT2D eigenvalue weighted by atomic mass is 9.97. The molecule has 0 amide bonds. The Bertz CT molecular complexity index is 599. The zero-order valence-electron chi connectivity index (χ0n) is 12.1. The Morgan fingerprint density at radius 1 is 1.10 bits per heavy atom. The standard InChI is InChI=1S/C15H21N5O/c21-15-1-4-16-13-20(15)11-14-2-6-18(7-3-14)9-10-19-8-5-17-12-19/h1,4-5,8,12-14H,2-3,6-7,9-11H2. The van der Waals surface area contributed by atoms with Crippen molar-refractivity contribution in [2.45, 2.75) is 25.9 Å². The van der Waals surface area contributed by atoms with Gasteiger partial charge in [0.15, 0.2) is 0 Å². The maximum absolute atomic E-state index is 11.7. The molecule has 0 aromatic carbocycles. The predicted molar refractivity (Wildman–Crippen MR) is 79.9 cm³/mol. The molecule has 112 valence electrons. The molecular weight excluding hydrogens is 266 g/mol. The van der Waals surface area contributed by atoms with E-state index in [1.807, 2.05) is 18.7 Å². The normalized spacial score (nSPS) is 17.1. The number of nitrogens with zero attached hydrogens (tertiary/aromatic N) is 5. The molecule has 21 heavy (non-hydrogen) atoms. The van der Waals surface area contributed by atoms with E-state index in [4.69, 9.17) is 0 Å². The first-order valence-electron chi connectivity index (χ1n) is 7.50. The quantitative estimate of drug-likeness (QED) is 0.818. The molecule has 2 aromatic heterocycles. The molecule has 0 spiro atoms. The van der Waals surface area contributed by atoms with Gasteiger partial charge in [-0.25, -0.2) is 9.97 Å². The molecular formula is C15H21N5O. The van der Waals surface area contributed by atoms with Gasteiger partial charge in [0.05, 0.1) is 12.7 Å². The lowest BCUT2D eigenvalue weighted by Crippen LogP contribution is -2.37. The molecule has 0 saturated carbocycles. The number of aromatic nitrogens is 4. The van der Waals surface area contributed by atoms with E-state index in [1.54, 1.807) is 17.1 Å². The molecule has 0 atom stereocenters. The topological polar surface area (TPSA) is 56.0 Å². The largest absolute Gasteiger partial charge is 0.336 e. The van der Waals surface area contributed by atoms with Crippen LogP contribution in [0.5, 0.6) is 0 Å². The summed E-state index contributed by atoms with van der Waals surface area (Å²) in [5, 5.41) is 0. The van der Waals surface area contributed by atoms with Gasteiger partial charge in [-0.1, -0.05) is 0 Å². The number of hydrogen-bond acceptors (Lipinski definition) is 4. The Balaban J connectivity index is 1.45. The minimum absolute atomic E-state index is 0.0486. The van der Waals surface area contributed by atoms with E-state index in [9.17, 15) is 4.79 Å². The van der Waals surface area contributed by atoms with E-state index >= 15 is 0 Å². The average molecular weight is 287 g/mol. The lowest BCUT2D eigenvalue weighted by Gasteiger charge is -2.32. The molecule has 6 nitrogen and oxygen atoms in total. The van der Waals surface area contributed by atoms with Crippen molar-refractivity contribution < 1.29 is 0 Å². The monoisotopic (exact) mass is 287 g/mol. The van der Waals surface area contributed by atoms with Crippen LogP contribution >= 0.6 is 0 Å². The third-order valence-corrected chi connectivity index (χ3v) is 4.19. The van der Waals surface area contributed by atoms with Crippen molar-refractivity contribution >= 4 is 0 Å². The van der Waals surface area contributed by atoms with Crippen molar-refractivity contribution in [1.29, 1.82) is 0 Å².